The third-order valence-corrected chi connectivity index (χ3v) is 5.17. The number of rotatable bonds is 4. The largest absolute Gasteiger partial charge is 0.296 e. The number of hydrogen-bond donors (Lipinski definition) is 0. The van der Waals surface area contributed by atoms with Crippen LogP contribution in [0.2, 0.25) is 4.34 Å². The molecular formula is C15H17ClO3S2. The van der Waals surface area contributed by atoms with E-state index in [4.69, 9.17) is 15.8 Å². The molecular weight excluding hydrogens is 328 g/mol. The molecule has 1 heterocycles. The SMILES string of the molecule is CC(C)(C)COS(=O)(=O)c1ccc(-c2ccsc2Cl)cc1. The zero-order chi connectivity index (χ0) is 15.7. The molecule has 21 heavy (non-hydrogen) atoms. The molecule has 0 unspecified atom stereocenters. The topological polar surface area (TPSA) is 43.4 Å². The van der Waals surface area contributed by atoms with Gasteiger partial charge in [0.25, 0.3) is 10.1 Å². The molecule has 2 aromatic rings. The van der Waals surface area contributed by atoms with E-state index in [2.05, 4.69) is 0 Å². The van der Waals surface area contributed by atoms with Gasteiger partial charge in [-0.05, 0) is 34.6 Å². The molecule has 0 bridgehead atoms. The molecule has 0 aliphatic carbocycles. The number of hydrogen-bond acceptors (Lipinski definition) is 4. The smallest absolute Gasteiger partial charge is 0.266 e. The summed E-state index contributed by atoms with van der Waals surface area (Å²) in [6, 6.07) is 8.47. The average Bonchev–Trinajstić information content (AvgIpc) is 2.82. The van der Waals surface area contributed by atoms with Gasteiger partial charge in [0.05, 0.1) is 11.5 Å². The van der Waals surface area contributed by atoms with Crippen LogP contribution in [0, 0.1) is 5.41 Å². The normalized spacial score (nSPS) is 12.6. The van der Waals surface area contributed by atoms with Gasteiger partial charge in [0.1, 0.15) is 4.34 Å². The Hall–Kier alpha value is -0.880. The average molecular weight is 345 g/mol. The van der Waals surface area contributed by atoms with Crippen LogP contribution in [0.25, 0.3) is 11.1 Å². The van der Waals surface area contributed by atoms with Gasteiger partial charge in [-0.15, -0.1) is 11.3 Å². The Bertz CT molecular complexity index is 710. The zero-order valence-electron chi connectivity index (χ0n) is 12.1. The number of thiophene rings is 1. The summed E-state index contributed by atoms with van der Waals surface area (Å²) in [6.45, 7) is 5.91. The number of benzene rings is 1. The van der Waals surface area contributed by atoms with E-state index in [1.807, 2.05) is 32.2 Å². The lowest BCUT2D eigenvalue weighted by Crippen LogP contribution is -2.18. The Kier molecular flexibility index (Phi) is 4.78. The summed E-state index contributed by atoms with van der Waals surface area (Å²) in [5.41, 5.74) is 1.58. The minimum Gasteiger partial charge on any atom is -0.266 e. The van der Waals surface area contributed by atoms with E-state index in [9.17, 15) is 8.42 Å². The van der Waals surface area contributed by atoms with Crippen LogP contribution in [-0.2, 0) is 14.3 Å². The van der Waals surface area contributed by atoms with E-state index in [-0.39, 0.29) is 16.9 Å². The molecule has 0 aliphatic rings. The van der Waals surface area contributed by atoms with Gasteiger partial charge in [-0.25, -0.2) is 0 Å². The summed E-state index contributed by atoms with van der Waals surface area (Å²) in [4.78, 5) is 0.154. The second kappa shape index (κ2) is 6.08. The van der Waals surface area contributed by atoms with E-state index >= 15 is 0 Å². The third kappa shape index (κ3) is 4.30. The summed E-state index contributed by atoms with van der Waals surface area (Å²) < 4.78 is 30.0. The van der Waals surface area contributed by atoms with Gasteiger partial charge in [0, 0.05) is 5.56 Å². The van der Waals surface area contributed by atoms with Crippen molar-refractivity contribution in [1.29, 1.82) is 0 Å². The molecule has 0 aliphatic heterocycles. The van der Waals surface area contributed by atoms with Gasteiger partial charge < -0.3 is 0 Å². The maximum Gasteiger partial charge on any atom is 0.296 e. The van der Waals surface area contributed by atoms with Crippen molar-refractivity contribution in [3.8, 4) is 11.1 Å². The Morgan fingerprint density at radius 3 is 2.24 bits per heavy atom. The van der Waals surface area contributed by atoms with E-state index in [0.29, 0.717) is 4.34 Å². The molecule has 0 spiro atoms. The van der Waals surface area contributed by atoms with Gasteiger partial charge in [-0.3, -0.25) is 4.18 Å². The summed E-state index contributed by atoms with van der Waals surface area (Å²) in [6.07, 6.45) is 0. The van der Waals surface area contributed by atoms with Crippen LogP contribution in [0.1, 0.15) is 20.8 Å². The van der Waals surface area contributed by atoms with E-state index in [1.165, 1.54) is 11.3 Å². The molecule has 3 nitrogen and oxygen atoms in total. The summed E-state index contributed by atoms with van der Waals surface area (Å²) >= 11 is 7.52. The maximum atomic E-state index is 12.1. The molecule has 0 amide bonds. The molecule has 0 atom stereocenters. The van der Waals surface area contributed by atoms with Crippen LogP contribution in [-0.4, -0.2) is 15.0 Å². The van der Waals surface area contributed by atoms with Crippen molar-refractivity contribution in [2.24, 2.45) is 5.41 Å². The Morgan fingerprint density at radius 1 is 1.14 bits per heavy atom. The van der Waals surface area contributed by atoms with Crippen LogP contribution in [0.15, 0.2) is 40.6 Å². The fraction of sp³-hybridized carbons (Fsp3) is 0.333. The molecule has 1 aromatic heterocycles. The van der Waals surface area contributed by atoms with E-state index in [1.54, 1.807) is 24.3 Å². The molecule has 1 aromatic carbocycles. The highest BCUT2D eigenvalue weighted by molar-refractivity contribution is 7.86. The highest BCUT2D eigenvalue weighted by atomic mass is 35.5. The molecule has 0 saturated heterocycles. The second-order valence-corrected chi connectivity index (χ2v) is 9.04. The minimum absolute atomic E-state index is 0.146. The molecule has 0 N–H and O–H groups in total. The van der Waals surface area contributed by atoms with Gasteiger partial charge in [-0.2, -0.15) is 8.42 Å². The quantitative estimate of drug-likeness (QED) is 0.747. The Labute approximate surface area is 134 Å². The van der Waals surface area contributed by atoms with E-state index in [0.717, 1.165) is 11.1 Å². The maximum absolute atomic E-state index is 12.1. The van der Waals surface area contributed by atoms with Crippen molar-refractivity contribution in [3.63, 3.8) is 0 Å². The van der Waals surface area contributed by atoms with Crippen molar-refractivity contribution in [3.05, 3.63) is 40.0 Å². The first-order chi connectivity index (χ1) is 9.69. The van der Waals surface area contributed by atoms with Crippen LogP contribution in [0.4, 0.5) is 0 Å². The summed E-state index contributed by atoms with van der Waals surface area (Å²) in [7, 11) is -3.72. The fourth-order valence-corrected chi connectivity index (χ4v) is 3.70. The molecule has 0 radical (unpaired) electrons. The molecule has 0 saturated carbocycles. The summed E-state index contributed by atoms with van der Waals surface area (Å²) in [5.74, 6) is 0. The van der Waals surface area contributed by atoms with Gasteiger partial charge in [0.2, 0.25) is 0 Å². The Balaban J connectivity index is 2.21. The van der Waals surface area contributed by atoms with Crippen molar-refractivity contribution in [2.75, 3.05) is 6.61 Å². The highest BCUT2D eigenvalue weighted by Gasteiger charge is 2.20. The standard InChI is InChI=1S/C15H17ClO3S2/c1-15(2,3)10-19-21(17,18)12-6-4-11(5-7-12)13-8-9-20-14(13)16/h4-9H,10H2,1-3H3. The minimum atomic E-state index is -3.72. The van der Waals surface area contributed by atoms with Gasteiger partial charge in [0.15, 0.2) is 0 Å². The first kappa shape index (κ1) is 16.5. The predicted octanol–water partition coefficient (Wildman–Crippen LogP) is 4.82. The first-order valence-corrected chi connectivity index (χ1v) is 9.08. The first-order valence-electron chi connectivity index (χ1n) is 6.42. The molecule has 2 rings (SSSR count). The second-order valence-electron chi connectivity index (χ2n) is 5.91. The van der Waals surface area contributed by atoms with Crippen molar-refractivity contribution < 1.29 is 12.6 Å². The monoisotopic (exact) mass is 344 g/mol. The highest BCUT2D eigenvalue weighted by Crippen LogP contribution is 2.33. The lowest BCUT2D eigenvalue weighted by atomic mass is 9.99. The van der Waals surface area contributed by atoms with E-state index < -0.39 is 10.1 Å². The zero-order valence-corrected chi connectivity index (χ0v) is 14.5. The van der Waals surface area contributed by atoms with Crippen molar-refractivity contribution >= 4 is 33.1 Å². The molecule has 114 valence electrons. The van der Waals surface area contributed by atoms with Gasteiger partial charge in [-0.1, -0.05) is 44.5 Å². The van der Waals surface area contributed by atoms with Crippen LogP contribution in [0.5, 0.6) is 0 Å². The van der Waals surface area contributed by atoms with Crippen LogP contribution in [0.3, 0.4) is 0 Å². The summed E-state index contributed by atoms with van der Waals surface area (Å²) in [5, 5.41) is 1.90. The lowest BCUT2D eigenvalue weighted by molar-refractivity contribution is 0.203. The lowest BCUT2D eigenvalue weighted by Gasteiger charge is -2.17. The predicted molar refractivity (Wildman–Crippen MR) is 87.4 cm³/mol. The molecule has 6 heteroatoms. The van der Waals surface area contributed by atoms with Crippen molar-refractivity contribution in [2.45, 2.75) is 25.7 Å². The third-order valence-electron chi connectivity index (χ3n) is 2.72. The van der Waals surface area contributed by atoms with Crippen LogP contribution < -0.4 is 0 Å². The molecule has 0 fully saturated rings. The fourth-order valence-electron chi connectivity index (χ4n) is 1.62. The Morgan fingerprint density at radius 2 is 1.76 bits per heavy atom. The van der Waals surface area contributed by atoms with Crippen molar-refractivity contribution in [1.82, 2.24) is 0 Å². The van der Waals surface area contributed by atoms with Crippen LogP contribution >= 0.6 is 22.9 Å². The van der Waals surface area contributed by atoms with Gasteiger partial charge >= 0.3 is 0 Å². The number of halogens is 1.